The fourth-order valence-corrected chi connectivity index (χ4v) is 3.60. The highest BCUT2D eigenvalue weighted by Gasteiger charge is 2.21. The minimum Gasteiger partial charge on any atom is -0.464 e. The Morgan fingerprint density at radius 1 is 1.20 bits per heavy atom. The van der Waals surface area contributed by atoms with Crippen molar-refractivity contribution in [3.05, 3.63) is 70.5 Å². The van der Waals surface area contributed by atoms with E-state index in [0.717, 1.165) is 16.2 Å². The number of hydrogen-bond donors (Lipinski definition) is 1. The van der Waals surface area contributed by atoms with Crippen molar-refractivity contribution in [3.8, 4) is 0 Å². The second-order valence-corrected chi connectivity index (χ2v) is 7.55. The van der Waals surface area contributed by atoms with Gasteiger partial charge in [0, 0.05) is 17.1 Å². The standard InChI is InChI=1S/C22H16Cl2N2O4/c1-12(22(28)26-21-17(24)9-15(23)10-25-21)30-19(27)8-14-11-29-18-7-6-13-4-2-3-5-16(13)20(14)18/h2-7,9-12H,8H2,1H3,(H,25,26,28)/t12-/m1/s1. The molecule has 0 aliphatic carbocycles. The Kier molecular flexibility index (Phi) is 5.61. The lowest BCUT2D eigenvalue weighted by atomic mass is 10.0. The molecule has 4 rings (SSSR count). The molecule has 2 aromatic carbocycles. The van der Waals surface area contributed by atoms with Crippen LogP contribution in [-0.4, -0.2) is 23.0 Å². The van der Waals surface area contributed by atoms with E-state index in [4.69, 9.17) is 32.4 Å². The molecule has 0 aliphatic rings. The number of amides is 1. The predicted molar refractivity (Wildman–Crippen MR) is 116 cm³/mol. The van der Waals surface area contributed by atoms with Crippen molar-refractivity contribution in [2.75, 3.05) is 5.32 Å². The number of rotatable bonds is 5. The Bertz CT molecular complexity index is 1270. The molecule has 1 amide bonds. The summed E-state index contributed by atoms with van der Waals surface area (Å²) < 4.78 is 10.9. The summed E-state index contributed by atoms with van der Waals surface area (Å²) in [5.74, 6) is -0.965. The smallest absolute Gasteiger partial charge is 0.311 e. The molecule has 0 fully saturated rings. The fraction of sp³-hybridized carbons (Fsp3) is 0.136. The second-order valence-electron chi connectivity index (χ2n) is 6.70. The molecule has 2 heterocycles. The number of carbonyl (C=O) groups excluding carboxylic acids is 2. The van der Waals surface area contributed by atoms with Crippen LogP contribution >= 0.6 is 23.2 Å². The third-order valence-corrected chi connectivity index (χ3v) is 5.10. The van der Waals surface area contributed by atoms with Crippen LogP contribution in [0.3, 0.4) is 0 Å². The highest BCUT2D eigenvalue weighted by atomic mass is 35.5. The molecule has 6 nitrogen and oxygen atoms in total. The van der Waals surface area contributed by atoms with Crippen molar-refractivity contribution in [2.24, 2.45) is 0 Å². The lowest BCUT2D eigenvalue weighted by molar-refractivity contribution is -0.152. The Labute approximate surface area is 181 Å². The number of halogens is 2. The first-order valence-electron chi connectivity index (χ1n) is 9.11. The van der Waals surface area contributed by atoms with Gasteiger partial charge in [-0.2, -0.15) is 0 Å². The fourth-order valence-electron chi connectivity index (χ4n) is 3.18. The average molecular weight is 443 g/mol. The van der Waals surface area contributed by atoms with Crippen LogP contribution in [0.2, 0.25) is 10.0 Å². The number of pyridine rings is 1. The second kappa shape index (κ2) is 8.34. The van der Waals surface area contributed by atoms with E-state index in [-0.39, 0.29) is 17.3 Å². The number of furan rings is 1. The quantitative estimate of drug-likeness (QED) is 0.418. The first-order valence-corrected chi connectivity index (χ1v) is 9.87. The topological polar surface area (TPSA) is 81.4 Å². The number of nitrogens with zero attached hydrogens (tertiary/aromatic N) is 1. The number of fused-ring (bicyclic) bond motifs is 3. The van der Waals surface area contributed by atoms with Gasteiger partial charge in [-0.25, -0.2) is 4.98 Å². The molecule has 0 radical (unpaired) electrons. The number of ether oxygens (including phenoxy) is 1. The molecule has 0 aliphatic heterocycles. The maximum absolute atomic E-state index is 12.5. The lowest BCUT2D eigenvalue weighted by Crippen LogP contribution is -2.30. The van der Waals surface area contributed by atoms with Gasteiger partial charge in [0.25, 0.3) is 5.91 Å². The van der Waals surface area contributed by atoms with Crippen LogP contribution in [0, 0.1) is 0 Å². The molecule has 0 saturated heterocycles. The van der Waals surface area contributed by atoms with E-state index in [1.807, 2.05) is 36.4 Å². The first kappa shape index (κ1) is 20.2. The molecule has 2 aromatic heterocycles. The van der Waals surface area contributed by atoms with E-state index < -0.39 is 18.0 Å². The van der Waals surface area contributed by atoms with Crippen LogP contribution in [0.1, 0.15) is 12.5 Å². The van der Waals surface area contributed by atoms with Crippen molar-refractivity contribution in [3.63, 3.8) is 0 Å². The van der Waals surface area contributed by atoms with Gasteiger partial charge in [0.15, 0.2) is 11.9 Å². The molecule has 30 heavy (non-hydrogen) atoms. The maximum atomic E-state index is 12.5. The minimum atomic E-state index is -1.04. The van der Waals surface area contributed by atoms with E-state index in [1.54, 1.807) is 6.26 Å². The Morgan fingerprint density at radius 3 is 2.80 bits per heavy atom. The van der Waals surface area contributed by atoms with E-state index in [1.165, 1.54) is 19.2 Å². The Hall–Kier alpha value is -3.09. The number of nitrogens with one attached hydrogen (secondary N) is 1. The summed E-state index contributed by atoms with van der Waals surface area (Å²) in [6, 6.07) is 13.1. The van der Waals surface area contributed by atoms with E-state index in [2.05, 4.69) is 10.3 Å². The summed E-state index contributed by atoms with van der Waals surface area (Å²) >= 11 is 11.8. The summed E-state index contributed by atoms with van der Waals surface area (Å²) in [4.78, 5) is 28.8. The summed E-state index contributed by atoms with van der Waals surface area (Å²) in [6.45, 7) is 1.47. The van der Waals surface area contributed by atoms with Gasteiger partial charge in [-0.3, -0.25) is 9.59 Å². The molecule has 1 N–H and O–H groups in total. The molecular weight excluding hydrogens is 427 g/mol. The van der Waals surface area contributed by atoms with E-state index in [0.29, 0.717) is 16.2 Å². The number of anilines is 1. The van der Waals surface area contributed by atoms with Gasteiger partial charge in [0.1, 0.15) is 5.58 Å². The molecular formula is C22H16Cl2N2O4. The Balaban J connectivity index is 1.47. The molecule has 0 unspecified atom stereocenters. The molecule has 4 aromatic rings. The predicted octanol–water partition coefficient (Wildman–Crippen LogP) is 5.40. The van der Waals surface area contributed by atoms with Crippen LogP contribution in [-0.2, 0) is 20.7 Å². The number of hydrogen-bond acceptors (Lipinski definition) is 5. The highest BCUT2D eigenvalue weighted by Crippen LogP contribution is 2.30. The molecule has 152 valence electrons. The third kappa shape index (κ3) is 4.10. The van der Waals surface area contributed by atoms with Gasteiger partial charge in [-0.15, -0.1) is 0 Å². The van der Waals surface area contributed by atoms with Gasteiger partial charge < -0.3 is 14.5 Å². The van der Waals surface area contributed by atoms with Crippen LogP contribution in [0.15, 0.2) is 59.3 Å². The van der Waals surface area contributed by atoms with Gasteiger partial charge >= 0.3 is 5.97 Å². The largest absolute Gasteiger partial charge is 0.464 e. The van der Waals surface area contributed by atoms with Gasteiger partial charge in [-0.1, -0.05) is 53.5 Å². The average Bonchev–Trinajstić information content (AvgIpc) is 3.13. The van der Waals surface area contributed by atoms with Crippen molar-refractivity contribution in [1.29, 1.82) is 0 Å². The van der Waals surface area contributed by atoms with E-state index >= 15 is 0 Å². The molecule has 1 atom stereocenters. The summed E-state index contributed by atoms with van der Waals surface area (Å²) in [5.41, 5.74) is 1.38. The molecule has 0 saturated carbocycles. The first-order chi connectivity index (χ1) is 14.4. The molecule has 0 bridgehead atoms. The summed E-state index contributed by atoms with van der Waals surface area (Å²) in [6.07, 6.45) is 1.83. The van der Waals surface area contributed by atoms with Gasteiger partial charge in [0.2, 0.25) is 0 Å². The minimum absolute atomic E-state index is 0.0292. The lowest BCUT2D eigenvalue weighted by Gasteiger charge is -2.13. The highest BCUT2D eigenvalue weighted by molar-refractivity contribution is 6.36. The van der Waals surface area contributed by atoms with Gasteiger partial charge in [-0.05, 0) is 29.8 Å². The van der Waals surface area contributed by atoms with Crippen molar-refractivity contribution >= 4 is 62.6 Å². The zero-order chi connectivity index (χ0) is 21.3. The summed E-state index contributed by atoms with van der Waals surface area (Å²) in [5, 5.41) is 5.94. The number of carbonyl (C=O) groups is 2. The van der Waals surface area contributed by atoms with Crippen molar-refractivity contribution < 1.29 is 18.7 Å². The third-order valence-electron chi connectivity index (χ3n) is 4.60. The Morgan fingerprint density at radius 2 is 2.00 bits per heavy atom. The van der Waals surface area contributed by atoms with Crippen LogP contribution in [0.25, 0.3) is 21.7 Å². The zero-order valence-corrected chi connectivity index (χ0v) is 17.3. The number of aromatic nitrogens is 1. The number of esters is 1. The maximum Gasteiger partial charge on any atom is 0.311 e. The molecule has 8 heteroatoms. The van der Waals surface area contributed by atoms with Crippen molar-refractivity contribution in [1.82, 2.24) is 4.98 Å². The van der Waals surface area contributed by atoms with Crippen molar-refractivity contribution in [2.45, 2.75) is 19.4 Å². The monoisotopic (exact) mass is 442 g/mol. The normalized spacial score (nSPS) is 12.1. The summed E-state index contributed by atoms with van der Waals surface area (Å²) in [7, 11) is 0. The number of benzene rings is 2. The zero-order valence-electron chi connectivity index (χ0n) is 15.8. The van der Waals surface area contributed by atoms with Crippen LogP contribution in [0.5, 0.6) is 0 Å². The van der Waals surface area contributed by atoms with Crippen LogP contribution < -0.4 is 5.32 Å². The van der Waals surface area contributed by atoms with Crippen LogP contribution in [0.4, 0.5) is 5.82 Å². The molecule has 0 spiro atoms. The SMILES string of the molecule is C[C@@H](OC(=O)Cc1coc2ccc3ccccc3c12)C(=O)Nc1ncc(Cl)cc1Cl. The van der Waals surface area contributed by atoms with E-state index in [9.17, 15) is 9.59 Å². The van der Waals surface area contributed by atoms with Gasteiger partial charge in [0.05, 0.1) is 22.7 Å².